The lowest BCUT2D eigenvalue weighted by Gasteiger charge is -2.29. The molecule has 0 saturated carbocycles. The molecule has 214 valence electrons. The maximum atomic E-state index is 12.8. The van der Waals surface area contributed by atoms with E-state index in [1.54, 1.807) is 42.5 Å². The highest BCUT2D eigenvalue weighted by molar-refractivity contribution is 6.40. The van der Waals surface area contributed by atoms with Gasteiger partial charge in [-0.05, 0) is 49.1 Å². The van der Waals surface area contributed by atoms with E-state index in [4.69, 9.17) is 32.7 Å². The zero-order valence-electron chi connectivity index (χ0n) is 22.2. The molecular formula is C28H31Cl2N3O7. The number of rotatable bonds is 12. The number of benzene rings is 2. The number of carbonyl (C=O) groups is 5. The molecule has 0 aromatic heterocycles. The molecule has 0 bridgehead atoms. The molecule has 10 nitrogen and oxygen atoms in total. The molecule has 12 heteroatoms. The first-order chi connectivity index (χ1) is 19.1. The summed E-state index contributed by atoms with van der Waals surface area (Å²) in [6, 6.07) is 10.6. The van der Waals surface area contributed by atoms with Crippen LogP contribution >= 0.6 is 23.2 Å². The predicted octanol–water partition coefficient (Wildman–Crippen LogP) is 3.83. The van der Waals surface area contributed by atoms with Gasteiger partial charge in [-0.25, -0.2) is 4.79 Å². The molecule has 2 atom stereocenters. The van der Waals surface area contributed by atoms with Crippen LogP contribution in [-0.4, -0.2) is 55.5 Å². The number of amides is 3. The van der Waals surface area contributed by atoms with Crippen LogP contribution in [-0.2, 0) is 35.1 Å². The summed E-state index contributed by atoms with van der Waals surface area (Å²) < 4.78 is 9.58. The van der Waals surface area contributed by atoms with Crippen molar-refractivity contribution < 1.29 is 33.4 Å². The zero-order valence-corrected chi connectivity index (χ0v) is 23.7. The fourth-order valence-electron chi connectivity index (χ4n) is 4.54. The van der Waals surface area contributed by atoms with E-state index in [-0.39, 0.29) is 40.8 Å². The molecule has 1 heterocycles. The molecule has 0 radical (unpaired) electrons. The normalized spacial score (nSPS) is 16.9. The van der Waals surface area contributed by atoms with Crippen molar-refractivity contribution in [3.05, 3.63) is 63.6 Å². The first kappa shape index (κ1) is 30.9. The van der Waals surface area contributed by atoms with Gasteiger partial charge in [-0.15, -0.1) is 0 Å². The molecule has 3 N–H and O–H groups in total. The van der Waals surface area contributed by atoms with Crippen LogP contribution in [0.2, 0.25) is 10.0 Å². The Hall–Kier alpha value is -3.63. The summed E-state index contributed by atoms with van der Waals surface area (Å²) in [6.45, 7) is 0. The first-order valence-corrected chi connectivity index (χ1v) is 13.4. The summed E-state index contributed by atoms with van der Waals surface area (Å²) in [5.74, 6) is -2.00. The molecule has 3 rings (SSSR count). The van der Waals surface area contributed by atoms with Crippen LogP contribution in [0.25, 0.3) is 0 Å². The maximum absolute atomic E-state index is 12.8. The molecule has 0 aliphatic carbocycles. The van der Waals surface area contributed by atoms with Gasteiger partial charge in [0.05, 0.1) is 29.8 Å². The molecule has 2 aromatic carbocycles. The molecule has 40 heavy (non-hydrogen) atoms. The standard InChI is InChI=1S/C28H31Cl2N3O7/c1-39-24(36)12-15-28(14-11-23(35)33-28)13-10-22(34)32-21(27(38)40-2)16-17-6-8-18(9-7-17)31-26(37)25-19(29)4-3-5-20(25)30/h3-9,21H,10-16H2,1-2H3,(H,31,37)(H,32,34)(H,33,35). The van der Waals surface area contributed by atoms with E-state index in [0.29, 0.717) is 36.9 Å². The highest BCUT2D eigenvalue weighted by Gasteiger charge is 2.38. The summed E-state index contributed by atoms with van der Waals surface area (Å²) in [6.07, 6.45) is 1.77. The average Bonchev–Trinajstić information content (AvgIpc) is 3.31. The number of hydrogen-bond donors (Lipinski definition) is 3. The van der Waals surface area contributed by atoms with Crippen molar-refractivity contribution in [1.82, 2.24) is 10.6 Å². The van der Waals surface area contributed by atoms with Gasteiger partial charge in [-0.2, -0.15) is 0 Å². The van der Waals surface area contributed by atoms with Gasteiger partial charge in [0.1, 0.15) is 6.04 Å². The van der Waals surface area contributed by atoms with Crippen LogP contribution in [0, 0.1) is 0 Å². The molecule has 1 fully saturated rings. The van der Waals surface area contributed by atoms with E-state index in [0.717, 1.165) is 0 Å². The van der Waals surface area contributed by atoms with Crippen molar-refractivity contribution in [2.75, 3.05) is 19.5 Å². The largest absolute Gasteiger partial charge is 0.469 e. The fourth-order valence-corrected chi connectivity index (χ4v) is 5.11. The minimum Gasteiger partial charge on any atom is -0.469 e. The zero-order chi connectivity index (χ0) is 29.3. The molecule has 1 aliphatic heterocycles. The summed E-state index contributed by atoms with van der Waals surface area (Å²) in [5, 5.41) is 8.79. The number of anilines is 1. The summed E-state index contributed by atoms with van der Waals surface area (Å²) in [7, 11) is 2.53. The van der Waals surface area contributed by atoms with Crippen molar-refractivity contribution in [1.29, 1.82) is 0 Å². The monoisotopic (exact) mass is 591 g/mol. The Morgan fingerprint density at radius 1 is 0.975 bits per heavy atom. The van der Waals surface area contributed by atoms with Gasteiger partial charge in [0.15, 0.2) is 0 Å². The van der Waals surface area contributed by atoms with Crippen molar-refractivity contribution in [3.63, 3.8) is 0 Å². The van der Waals surface area contributed by atoms with Gasteiger partial charge in [-0.1, -0.05) is 41.4 Å². The topological polar surface area (TPSA) is 140 Å². The first-order valence-electron chi connectivity index (χ1n) is 12.6. The Kier molecular flexibility index (Phi) is 10.9. The molecule has 1 aliphatic rings. The molecule has 3 amide bonds. The lowest BCUT2D eigenvalue weighted by atomic mass is 9.86. The quantitative estimate of drug-likeness (QED) is 0.319. The molecule has 2 aromatic rings. The number of methoxy groups -OCH3 is 2. The average molecular weight is 592 g/mol. The van der Waals surface area contributed by atoms with Crippen LogP contribution < -0.4 is 16.0 Å². The Morgan fingerprint density at radius 3 is 2.20 bits per heavy atom. The van der Waals surface area contributed by atoms with E-state index in [2.05, 4.69) is 16.0 Å². The lowest BCUT2D eigenvalue weighted by Crippen LogP contribution is -2.46. The van der Waals surface area contributed by atoms with E-state index < -0.39 is 35.3 Å². The Labute approximate surface area is 242 Å². The van der Waals surface area contributed by atoms with Gasteiger partial charge >= 0.3 is 11.9 Å². The number of esters is 2. The molecular weight excluding hydrogens is 561 g/mol. The van der Waals surface area contributed by atoms with Gasteiger partial charge in [-0.3, -0.25) is 19.2 Å². The van der Waals surface area contributed by atoms with Crippen LogP contribution in [0.3, 0.4) is 0 Å². The van der Waals surface area contributed by atoms with Crippen molar-refractivity contribution in [3.8, 4) is 0 Å². The summed E-state index contributed by atoms with van der Waals surface area (Å²) in [4.78, 5) is 61.4. The van der Waals surface area contributed by atoms with Gasteiger partial charge in [0, 0.05) is 36.9 Å². The van der Waals surface area contributed by atoms with Crippen molar-refractivity contribution >= 4 is 58.5 Å². The highest BCUT2D eigenvalue weighted by atomic mass is 35.5. The second-order valence-corrected chi connectivity index (χ2v) is 10.3. The second kappa shape index (κ2) is 14.1. The van der Waals surface area contributed by atoms with Gasteiger partial charge in [0.2, 0.25) is 11.8 Å². The Balaban J connectivity index is 1.60. The van der Waals surface area contributed by atoms with E-state index in [1.165, 1.54) is 14.2 Å². The van der Waals surface area contributed by atoms with Crippen LogP contribution in [0.5, 0.6) is 0 Å². The molecule has 2 unspecified atom stereocenters. The number of nitrogens with one attached hydrogen (secondary N) is 3. The minimum atomic E-state index is -0.955. The Bertz CT molecular complexity index is 1250. The predicted molar refractivity (Wildman–Crippen MR) is 149 cm³/mol. The summed E-state index contributed by atoms with van der Waals surface area (Å²) >= 11 is 12.2. The van der Waals surface area contributed by atoms with Crippen LogP contribution in [0.15, 0.2) is 42.5 Å². The Morgan fingerprint density at radius 2 is 1.62 bits per heavy atom. The van der Waals surface area contributed by atoms with E-state index in [1.807, 2.05) is 0 Å². The van der Waals surface area contributed by atoms with Crippen LogP contribution in [0.4, 0.5) is 5.69 Å². The van der Waals surface area contributed by atoms with Gasteiger partial charge in [0.25, 0.3) is 5.91 Å². The number of hydrogen-bond acceptors (Lipinski definition) is 7. The molecule has 1 saturated heterocycles. The minimum absolute atomic E-state index is 0.0323. The third-order valence-corrected chi connectivity index (χ3v) is 7.39. The smallest absolute Gasteiger partial charge is 0.328 e. The molecule has 0 spiro atoms. The van der Waals surface area contributed by atoms with E-state index >= 15 is 0 Å². The third kappa shape index (κ3) is 8.43. The second-order valence-electron chi connectivity index (χ2n) is 9.50. The van der Waals surface area contributed by atoms with Crippen molar-refractivity contribution in [2.24, 2.45) is 0 Å². The van der Waals surface area contributed by atoms with Gasteiger partial charge < -0.3 is 25.4 Å². The number of ether oxygens (including phenoxy) is 2. The fraction of sp³-hybridized carbons (Fsp3) is 0.393. The SMILES string of the molecule is COC(=O)CCC1(CCC(=O)NC(Cc2ccc(NC(=O)c3c(Cl)cccc3Cl)cc2)C(=O)OC)CCC(=O)N1. The van der Waals surface area contributed by atoms with E-state index in [9.17, 15) is 24.0 Å². The van der Waals surface area contributed by atoms with Crippen molar-refractivity contribution in [2.45, 2.75) is 56.5 Å². The lowest BCUT2D eigenvalue weighted by molar-refractivity contribution is -0.145. The third-order valence-electron chi connectivity index (χ3n) is 6.76. The summed E-state index contributed by atoms with van der Waals surface area (Å²) in [5.41, 5.74) is 0.673. The number of carbonyl (C=O) groups excluding carboxylic acids is 5. The highest BCUT2D eigenvalue weighted by Crippen LogP contribution is 2.30. The van der Waals surface area contributed by atoms with Crippen LogP contribution in [0.1, 0.15) is 54.4 Å². The maximum Gasteiger partial charge on any atom is 0.328 e. The number of halogens is 2.